The van der Waals surface area contributed by atoms with Gasteiger partial charge in [0.25, 0.3) is 0 Å². The van der Waals surface area contributed by atoms with Crippen molar-refractivity contribution in [3.8, 4) is 5.75 Å². The van der Waals surface area contributed by atoms with E-state index < -0.39 is 0 Å². The van der Waals surface area contributed by atoms with Gasteiger partial charge in [-0.2, -0.15) is 0 Å². The smallest absolute Gasteiger partial charge is 0.122 e. The van der Waals surface area contributed by atoms with Crippen LogP contribution in [0, 0.1) is 0 Å². The van der Waals surface area contributed by atoms with Crippen LogP contribution in [0.1, 0.15) is 25.3 Å². The van der Waals surface area contributed by atoms with Gasteiger partial charge >= 0.3 is 0 Å². The first-order valence-corrected chi connectivity index (χ1v) is 4.48. The highest BCUT2D eigenvalue weighted by Crippen LogP contribution is 2.26. The fourth-order valence-corrected chi connectivity index (χ4v) is 1.53. The molecule has 0 aromatic carbocycles. The molecule has 0 saturated heterocycles. The van der Waals surface area contributed by atoms with E-state index >= 15 is 0 Å². The quantitative estimate of drug-likeness (QED) is 0.708. The van der Waals surface area contributed by atoms with Gasteiger partial charge in [-0.3, -0.25) is 0 Å². The standard InChI is InChI=1S/C11H13NO/c1-8(2)10-7-12-5-3-4-9(12)6-11(10)13/h3-8,13H,1-2H3. The third kappa shape index (κ3) is 1.28. The molecule has 0 aliphatic rings. The molecule has 2 aromatic heterocycles. The van der Waals surface area contributed by atoms with Crippen LogP contribution in [0.15, 0.2) is 30.6 Å². The molecule has 0 radical (unpaired) electrons. The molecule has 0 bridgehead atoms. The Bertz CT molecular complexity index is 429. The number of hydrogen-bond donors (Lipinski definition) is 1. The molecule has 13 heavy (non-hydrogen) atoms. The normalized spacial score (nSPS) is 11.3. The van der Waals surface area contributed by atoms with E-state index in [9.17, 15) is 5.11 Å². The number of rotatable bonds is 1. The number of hydrogen-bond acceptors (Lipinski definition) is 1. The SMILES string of the molecule is CC(C)c1cn2cccc2cc1O. The van der Waals surface area contributed by atoms with Gasteiger partial charge in [0.1, 0.15) is 5.75 Å². The summed E-state index contributed by atoms with van der Waals surface area (Å²) >= 11 is 0. The maximum absolute atomic E-state index is 9.68. The third-order valence-corrected chi connectivity index (χ3v) is 2.29. The Labute approximate surface area is 77.4 Å². The maximum Gasteiger partial charge on any atom is 0.122 e. The van der Waals surface area contributed by atoms with Crippen LogP contribution >= 0.6 is 0 Å². The largest absolute Gasteiger partial charge is 0.508 e. The molecule has 0 spiro atoms. The predicted octanol–water partition coefficient (Wildman–Crippen LogP) is 2.77. The monoisotopic (exact) mass is 175 g/mol. The Kier molecular flexibility index (Phi) is 1.76. The van der Waals surface area contributed by atoms with Gasteiger partial charge < -0.3 is 9.51 Å². The first kappa shape index (κ1) is 8.17. The molecule has 2 nitrogen and oxygen atoms in total. The van der Waals surface area contributed by atoms with Crippen molar-refractivity contribution in [1.29, 1.82) is 0 Å². The molecule has 2 heterocycles. The van der Waals surface area contributed by atoms with Gasteiger partial charge in [-0.25, -0.2) is 0 Å². The predicted molar refractivity (Wildman–Crippen MR) is 53.2 cm³/mol. The van der Waals surface area contributed by atoms with Crippen molar-refractivity contribution in [2.24, 2.45) is 0 Å². The van der Waals surface area contributed by atoms with Gasteiger partial charge in [-0.1, -0.05) is 13.8 Å². The van der Waals surface area contributed by atoms with E-state index in [4.69, 9.17) is 0 Å². The van der Waals surface area contributed by atoms with Crippen LogP contribution in [0.5, 0.6) is 5.75 Å². The summed E-state index contributed by atoms with van der Waals surface area (Å²) in [6.07, 6.45) is 3.97. The highest BCUT2D eigenvalue weighted by molar-refractivity contribution is 5.54. The molecule has 68 valence electrons. The Morgan fingerprint density at radius 3 is 2.85 bits per heavy atom. The minimum atomic E-state index is 0.354. The first-order chi connectivity index (χ1) is 6.18. The fraction of sp³-hybridized carbons (Fsp3) is 0.273. The lowest BCUT2D eigenvalue weighted by molar-refractivity contribution is 0.464. The van der Waals surface area contributed by atoms with Crippen molar-refractivity contribution in [2.45, 2.75) is 19.8 Å². The third-order valence-electron chi connectivity index (χ3n) is 2.29. The second kappa shape index (κ2) is 2.80. The topological polar surface area (TPSA) is 24.6 Å². The molecule has 0 amide bonds. The summed E-state index contributed by atoms with van der Waals surface area (Å²) in [4.78, 5) is 0. The molecule has 2 aromatic rings. The Balaban J connectivity index is 2.69. The van der Waals surface area contributed by atoms with Crippen LogP contribution in [0.2, 0.25) is 0 Å². The second-order valence-electron chi connectivity index (χ2n) is 3.61. The van der Waals surface area contributed by atoms with E-state index in [2.05, 4.69) is 13.8 Å². The fourth-order valence-electron chi connectivity index (χ4n) is 1.53. The zero-order valence-corrected chi connectivity index (χ0v) is 7.86. The van der Waals surface area contributed by atoms with Crippen molar-refractivity contribution in [2.75, 3.05) is 0 Å². The molecule has 2 heteroatoms. The first-order valence-electron chi connectivity index (χ1n) is 4.48. The molecule has 0 aliphatic carbocycles. The molecule has 0 saturated carbocycles. The zero-order valence-electron chi connectivity index (χ0n) is 7.86. The van der Waals surface area contributed by atoms with Gasteiger partial charge in [0.2, 0.25) is 0 Å². The number of aromatic nitrogens is 1. The van der Waals surface area contributed by atoms with Crippen molar-refractivity contribution in [3.63, 3.8) is 0 Å². The summed E-state index contributed by atoms with van der Waals surface area (Å²) in [7, 11) is 0. The van der Waals surface area contributed by atoms with Crippen LogP contribution in [0.3, 0.4) is 0 Å². The average molecular weight is 175 g/mol. The van der Waals surface area contributed by atoms with E-state index in [0.29, 0.717) is 11.7 Å². The minimum absolute atomic E-state index is 0.354. The summed E-state index contributed by atoms with van der Waals surface area (Å²) < 4.78 is 2.02. The van der Waals surface area contributed by atoms with Crippen LogP contribution in [-0.2, 0) is 0 Å². The lowest BCUT2D eigenvalue weighted by atomic mass is 10.0. The van der Waals surface area contributed by atoms with Gasteiger partial charge in [0, 0.05) is 29.5 Å². The van der Waals surface area contributed by atoms with Crippen molar-refractivity contribution in [1.82, 2.24) is 4.40 Å². The molecule has 2 rings (SSSR count). The van der Waals surface area contributed by atoms with E-state index in [-0.39, 0.29) is 0 Å². The summed E-state index contributed by atoms with van der Waals surface area (Å²) in [6.45, 7) is 4.15. The number of aromatic hydroxyl groups is 1. The van der Waals surface area contributed by atoms with Crippen molar-refractivity contribution < 1.29 is 5.11 Å². The summed E-state index contributed by atoms with van der Waals surface area (Å²) in [5.74, 6) is 0.744. The van der Waals surface area contributed by atoms with E-state index in [0.717, 1.165) is 11.1 Å². The molecule has 0 atom stereocenters. The van der Waals surface area contributed by atoms with E-state index in [1.165, 1.54) is 0 Å². The number of nitrogens with zero attached hydrogens (tertiary/aromatic N) is 1. The molecule has 0 unspecified atom stereocenters. The molecular weight excluding hydrogens is 162 g/mol. The summed E-state index contributed by atoms with van der Waals surface area (Å²) in [5, 5.41) is 9.68. The maximum atomic E-state index is 9.68. The molecule has 0 aliphatic heterocycles. The number of fused-ring (bicyclic) bond motifs is 1. The van der Waals surface area contributed by atoms with Gasteiger partial charge in [-0.05, 0) is 18.1 Å². The zero-order chi connectivity index (χ0) is 9.42. The van der Waals surface area contributed by atoms with Crippen molar-refractivity contribution >= 4 is 5.52 Å². The minimum Gasteiger partial charge on any atom is -0.508 e. The summed E-state index contributed by atoms with van der Waals surface area (Å²) in [6, 6.07) is 5.75. The average Bonchev–Trinajstić information content (AvgIpc) is 2.48. The Morgan fingerprint density at radius 1 is 1.38 bits per heavy atom. The Morgan fingerprint density at radius 2 is 2.15 bits per heavy atom. The van der Waals surface area contributed by atoms with Gasteiger partial charge in [0.05, 0.1) is 0 Å². The lowest BCUT2D eigenvalue weighted by Gasteiger charge is -2.08. The molecule has 0 fully saturated rings. The highest BCUT2D eigenvalue weighted by Gasteiger charge is 2.06. The molecular formula is C11H13NO. The lowest BCUT2D eigenvalue weighted by Crippen LogP contribution is -1.92. The van der Waals surface area contributed by atoms with Gasteiger partial charge in [0.15, 0.2) is 0 Å². The van der Waals surface area contributed by atoms with E-state index in [1.54, 1.807) is 6.07 Å². The van der Waals surface area contributed by atoms with Crippen LogP contribution in [0.4, 0.5) is 0 Å². The van der Waals surface area contributed by atoms with E-state index in [1.807, 2.05) is 28.9 Å². The highest BCUT2D eigenvalue weighted by atomic mass is 16.3. The molecule has 1 N–H and O–H groups in total. The summed E-state index contributed by atoms with van der Waals surface area (Å²) in [5.41, 5.74) is 2.02. The van der Waals surface area contributed by atoms with Gasteiger partial charge in [-0.15, -0.1) is 0 Å². The van der Waals surface area contributed by atoms with Crippen molar-refractivity contribution in [3.05, 3.63) is 36.2 Å². The Hall–Kier alpha value is -1.44. The van der Waals surface area contributed by atoms with Crippen LogP contribution in [0.25, 0.3) is 5.52 Å². The van der Waals surface area contributed by atoms with Crippen LogP contribution < -0.4 is 0 Å². The number of pyridine rings is 1. The second-order valence-corrected chi connectivity index (χ2v) is 3.61. The van der Waals surface area contributed by atoms with Crippen LogP contribution in [-0.4, -0.2) is 9.51 Å².